The summed E-state index contributed by atoms with van der Waals surface area (Å²) in [5.41, 5.74) is 3.88. The van der Waals surface area contributed by atoms with E-state index < -0.39 is 0 Å². The number of ether oxygens (including phenoxy) is 1. The Labute approximate surface area is 160 Å². The summed E-state index contributed by atoms with van der Waals surface area (Å²) in [4.78, 5) is 11.2. The summed E-state index contributed by atoms with van der Waals surface area (Å²) in [6, 6.07) is 8.08. The minimum Gasteiger partial charge on any atom is -0.369 e. The fourth-order valence-corrected chi connectivity index (χ4v) is 3.68. The quantitative estimate of drug-likeness (QED) is 0.658. The van der Waals surface area contributed by atoms with Gasteiger partial charge in [0, 0.05) is 37.6 Å². The van der Waals surface area contributed by atoms with E-state index in [1.54, 1.807) is 6.20 Å². The molecule has 142 valence electrons. The van der Waals surface area contributed by atoms with Crippen LogP contribution in [-0.4, -0.2) is 61.1 Å². The number of aryl methyl sites for hydroxylation is 1. The molecule has 2 fully saturated rings. The molecule has 7 nitrogen and oxygen atoms in total. The third kappa shape index (κ3) is 3.65. The van der Waals surface area contributed by atoms with Gasteiger partial charge in [0.25, 0.3) is 0 Å². The maximum absolute atomic E-state index is 5.95. The highest BCUT2D eigenvalue weighted by atomic mass is 16.5. The maximum Gasteiger partial charge on any atom is 0.128 e. The molecule has 2 aliphatic rings. The molecule has 4 heterocycles. The lowest BCUT2D eigenvalue weighted by Crippen LogP contribution is -2.70. The average Bonchev–Trinajstić information content (AvgIpc) is 2.67. The van der Waals surface area contributed by atoms with Crippen molar-refractivity contribution in [3.05, 3.63) is 47.9 Å². The van der Waals surface area contributed by atoms with Gasteiger partial charge in [-0.2, -0.15) is 5.10 Å². The molecule has 0 amide bonds. The number of morpholine rings is 1. The largest absolute Gasteiger partial charge is 0.369 e. The van der Waals surface area contributed by atoms with Crippen LogP contribution in [0.25, 0.3) is 0 Å². The van der Waals surface area contributed by atoms with Gasteiger partial charge in [-0.1, -0.05) is 0 Å². The zero-order chi connectivity index (χ0) is 18.9. The Morgan fingerprint density at radius 3 is 2.81 bits per heavy atom. The molecule has 7 heteroatoms. The van der Waals surface area contributed by atoms with Crippen LogP contribution in [0.15, 0.2) is 41.8 Å². The van der Waals surface area contributed by atoms with Crippen LogP contribution < -0.4 is 15.2 Å². The van der Waals surface area contributed by atoms with Crippen LogP contribution in [-0.2, 0) is 4.74 Å². The zero-order valence-corrected chi connectivity index (χ0v) is 16.1. The van der Waals surface area contributed by atoms with E-state index in [1.165, 1.54) is 0 Å². The lowest BCUT2D eigenvalue weighted by atomic mass is 9.92. The van der Waals surface area contributed by atoms with E-state index in [0.29, 0.717) is 0 Å². The zero-order valence-electron chi connectivity index (χ0n) is 16.1. The summed E-state index contributed by atoms with van der Waals surface area (Å²) in [6.07, 6.45) is 3.67. The summed E-state index contributed by atoms with van der Waals surface area (Å²) >= 11 is 0. The standard InChI is InChI=1S/C20H26N6O/c1-15-18(5-4-8-22-15)16(2)24-25(3)17-6-7-19(23-11-17)26-13-20(14-26)12-21-9-10-27-20/h4-8,11,21H,9-10,12-14H2,1-3H3/b24-16+. The van der Waals surface area contributed by atoms with E-state index in [0.717, 1.165) is 61.3 Å². The Kier molecular flexibility index (Phi) is 4.80. The summed E-state index contributed by atoms with van der Waals surface area (Å²) in [5.74, 6) is 0.982. The van der Waals surface area contributed by atoms with Gasteiger partial charge >= 0.3 is 0 Å². The van der Waals surface area contributed by atoms with Crippen LogP contribution in [0.2, 0.25) is 0 Å². The van der Waals surface area contributed by atoms with Crippen molar-refractivity contribution < 1.29 is 4.74 Å². The molecule has 1 N–H and O–H groups in total. The van der Waals surface area contributed by atoms with Crippen LogP contribution in [0.4, 0.5) is 11.5 Å². The van der Waals surface area contributed by atoms with Gasteiger partial charge in [-0.25, -0.2) is 4.98 Å². The molecule has 4 rings (SSSR count). The normalized spacial score (nSPS) is 19.1. The van der Waals surface area contributed by atoms with Gasteiger partial charge in [-0.05, 0) is 38.1 Å². The van der Waals surface area contributed by atoms with Crippen molar-refractivity contribution in [2.75, 3.05) is 49.7 Å². The molecular formula is C20H26N6O. The van der Waals surface area contributed by atoms with Crippen molar-refractivity contribution >= 4 is 17.2 Å². The predicted octanol–water partition coefficient (Wildman–Crippen LogP) is 1.82. The first-order chi connectivity index (χ1) is 13.1. The van der Waals surface area contributed by atoms with Crippen molar-refractivity contribution in [1.82, 2.24) is 15.3 Å². The molecule has 27 heavy (non-hydrogen) atoms. The van der Waals surface area contributed by atoms with Crippen LogP contribution in [0.5, 0.6) is 0 Å². The SMILES string of the molecule is C/C(=N\N(C)c1ccc(N2CC3(CNCCO3)C2)nc1)c1cccnc1C. The van der Waals surface area contributed by atoms with Crippen molar-refractivity contribution in [3.63, 3.8) is 0 Å². The van der Waals surface area contributed by atoms with E-state index >= 15 is 0 Å². The highest BCUT2D eigenvalue weighted by molar-refractivity contribution is 6.00. The van der Waals surface area contributed by atoms with E-state index in [9.17, 15) is 0 Å². The molecule has 1 spiro atoms. The van der Waals surface area contributed by atoms with Gasteiger partial charge in [-0.3, -0.25) is 9.99 Å². The van der Waals surface area contributed by atoms with Crippen molar-refractivity contribution in [2.45, 2.75) is 19.4 Å². The Morgan fingerprint density at radius 1 is 1.30 bits per heavy atom. The number of nitrogens with zero attached hydrogens (tertiary/aromatic N) is 5. The van der Waals surface area contributed by atoms with Crippen LogP contribution in [0, 0.1) is 6.92 Å². The van der Waals surface area contributed by atoms with Crippen LogP contribution in [0.3, 0.4) is 0 Å². The number of rotatable bonds is 4. The summed E-state index contributed by atoms with van der Waals surface area (Å²) in [7, 11) is 1.94. The second kappa shape index (κ2) is 7.25. The number of nitrogens with one attached hydrogen (secondary N) is 1. The number of hydrogen-bond acceptors (Lipinski definition) is 7. The van der Waals surface area contributed by atoms with E-state index in [-0.39, 0.29) is 5.60 Å². The number of anilines is 2. The number of hydrazone groups is 1. The number of hydrogen-bond donors (Lipinski definition) is 1. The third-order valence-electron chi connectivity index (χ3n) is 5.22. The Hall–Kier alpha value is -2.51. The topological polar surface area (TPSA) is 65.9 Å². The number of pyridine rings is 2. The summed E-state index contributed by atoms with van der Waals surface area (Å²) < 4.78 is 5.95. The van der Waals surface area contributed by atoms with Crippen molar-refractivity contribution in [2.24, 2.45) is 5.10 Å². The summed E-state index contributed by atoms with van der Waals surface area (Å²) in [5, 5.41) is 9.95. The minimum absolute atomic E-state index is 0.0294. The average molecular weight is 366 g/mol. The first kappa shape index (κ1) is 17.9. The molecule has 2 saturated heterocycles. The smallest absolute Gasteiger partial charge is 0.128 e. The minimum atomic E-state index is -0.0294. The Balaban J connectivity index is 1.42. The summed E-state index contributed by atoms with van der Waals surface area (Å²) in [6.45, 7) is 8.43. The Bertz CT molecular complexity index is 821. The molecule has 0 aliphatic carbocycles. The van der Waals surface area contributed by atoms with Crippen LogP contribution >= 0.6 is 0 Å². The fraction of sp³-hybridized carbons (Fsp3) is 0.450. The third-order valence-corrected chi connectivity index (χ3v) is 5.22. The molecule has 2 aliphatic heterocycles. The molecule has 0 unspecified atom stereocenters. The lowest BCUT2D eigenvalue weighted by Gasteiger charge is -2.52. The van der Waals surface area contributed by atoms with Crippen LogP contribution in [0.1, 0.15) is 18.2 Å². The molecule has 0 saturated carbocycles. The van der Waals surface area contributed by atoms with Crippen molar-refractivity contribution in [1.29, 1.82) is 0 Å². The van der Waals surface area contributed by atoms with Gasteiger partial charge < -0.3 is 15.0 Å². The first-order valence-corrected chi connectivity index (χ1v) is 9.33. The van der Waals surface area contributed by atoms with E-state index in [4.69, 9.17) is 4.74 Å². The lowest BCUT2D eigenvalue weighted by molar-refractivity contribution is -0.0831. The highest BCUT2D eigenvalue weighted by Gasteiger charge is 2.45. The molecular weight excluding hydrogens is 340 g/mol. The van der Waals surface area contributed by atoms with Gasteiger partial charge in [0.1, 0.15) is 11.4 Å². The monoisotopic (exact) mass is 366 g/mol. The predicted molar refractivity (Wildman–Crippen MR) is 108 cm³/mol. The number of aromatic nitrogens is 2. The highest BCUT2D eigenvalue weighted by Crippen LogP contribution is 2.30. The molecule has 0 atom stereocenters. The van der Waals surface area contributed by atoms with Gasteiger partial charge in [0.05, 0.1) is 37.3 Å². The van der Waals surface area contributed by atoms with Crippen molar-refractivity contribution in [3.8, 4) is 0 Å². The molecule has 0 aromatic carbocycles. The fourth-order valence-electron chi connectivity index (χ4n) is 3.68. The van der Waals surface area contributed by atoms with E-state index in [2.05, 4.69) is 37.4 Å². The molecule has 2 aromatic heterocycles. The second-order valence-corrected chi connectivity index (χ2v) is 7.28. The molecule has 2 aromatic rings. The molecule has 0 radical (unpaired) electrons. The van der Waals surface area contributed by atoms with Gasteiger partial charge in [0.2, 0.25) is 0 Å². The Morgan fingerprint density at radius 2 is 2.15 bits per heavy atom. The first-order valence-electron chi connectivity index (χ1n) is 9.33. The second-order valence-electron chi connectivity index (χ2n) is 7.28. The molecule has 0 bridgehead atoms. The maximum atomic E-state index is 5.95. The van der Waals surface area contributed by atoms with Gasteiger partial charge in [-0.15, -0.1) is 0 Å². The van der Waals surface area contributed by atoms with Gasteiger partial charge in [0.15, 0.2) is 0 Å². The van der Waals surface area contributed by atoms with E-state index in [1.807, 2.05) is 44.2 Å².